The molecule has 0 saturated carbocycles. The van der Waals surface area contributed by atoms with Gasteiger partial charge in [0, 0.05) is 22.9 Å². The zero-order valence-corrected chi connectivity index (χ0v) is 11.4. The van der Waals surface area contributed by atoms with Crippen LogP contribution in [0.2, 0.25) is 0 Å². The molecule has 2 heterocycles. The number of methoxy groups -OCH3 is 1. The molecule has 0 spiro atoms. The maximum atomic E-state index is 5.24. The van der Waals surface area contributed by atoms with E-state index in [4.69, 9.17) is 4.74 Å². The molecule has 0 amide bonds. The molecule has 0 radical (unpaired) electrons. The van der Waals surface area contributed by atoms with Crippen LogP contribution in [0.3, 0.4) is 0 Å². The maximum Gasteiger partial charge on any atom is 0.197 e. The van der Waals surface area contributed by atoms with Crippen molar-refractivity contribution >= 4 is 23.1 Å². The summed E-state index contributed by atoms with van der Waals surface area (Å²) in [5.74, 6) is 1.61. The van der Waals surface area contributed by atoms with E-state index in [1.54, 1.807) is 31.3 Å². The van der Waals surface area contributed by atoms with Crippen LogP contribution < -0.4 is 4.74 Å². The summed E-state index contributed by atoms with van der Waals surface area (Å²) in [4.78, 5) is 17.1. The lowest BCUT2D eigenvalue weighted by Gasteiger charge is -2.07. The highest BCUT2D eigenvalue weighted by molar-refractivity contribution is 7.98. The number of benzene rings is 1. The number of H-pyrrole nitrogens is 1. The molecule has 2 aromatic heterocycles. The summed E-state index contributed by atoms with van der Waals surface area (Å²) in [6, 6.07) is 5.90. The standard InChI is InChI=1S/C13H12N4OS/c1-18-8-3-4-9(10(7-8)19-2)11-16-12-13(17-11)15-6-5-14-12/h3-7H,1-2H3,(H,14,15,16,17). The van der Waals surface area contributed by atoms with E-state index in [2.05, 4.69) is 19.9 Å². The molecule has 0 unspecified atom stereocenters. The molecule has 0 atom stereocenters. The molecule has 3 aromatic rings. The molecule has 1 aromatic carbocycles. The number of nitrogens with zero attached hydrogens (tertiary/aromatic N) is 3. The monoisotopic (exact) mass is 272 g/mol. The fourth-order valence-electron chi connectivity index (χ4n) is 1.87. The van der Waals surface area contributed by atoms with Crippen molar-refractivity contribution in [2.45, 2.75) is 4.90 Å². The summed E-state index contributed by atoms with van der Waals surface area (Å²) in [6.07, 6.45) is 5.31. The van der Waals surface area contributed by atoms with Crippen LogP contribution in [0, 0.1) is 0 Å². The van der Waals surface area contributed by atoms with Gasteiger partial charge in [-0.2, -0.15) is 0 Å². The molecular weight excluding hydrogens is 260 g/mol. The number of thioether (sulfide) groups is 1. The van der Waals surface area contributed by atoms with Crippen LogP contribution in [0.4, 0.5) is 0 Å². The smallest absolute Gasteiger partial charge is 0.197 e. The second-order valence-electron chi connectivity index (χ2n) is 3.88. The first-order chi connectivity index (χ1) is 9.31. The van der Waals surface area contributed by atoms with Gasteiger partial charge in [0.05, 0.1) is 7.11 Å². The molecule has 0 aliphatic carbocycles. The molecule has 0 aliphatic rings. The minimum atomic E-state index is 0.625. The highest BCUT2D eigenvalue weighted by atomic mass is 32.2. The first kappa shape index (κ1) is 12.0. The topological polar surface area (TPSA) is 63.7 Å². The maximum absolute atomic E-state index is 5.24. The molecule has 96 valence electrons. The van der Waals surface area contributed by atoms with Crippen molar-refractivity contribution in [1.82, 2.24) is 19.9 Å². The van der Waals surface area contributed by atoms with Crippen molar-refractivity contribution in [3.8, 4) is 17.1 Å². The van der Waals surface area contributed by atoms with Gasteiger partial charge in [0.2, 0.25) is 0 Å². The number of aromatic nitrogens is 4. The molecule has 0 bridgehead atoms. The fourth-order valence-corrected chi connectivity index (χ4v) is 2.49. The van der Waals surface area contributed by atoms with Crippen LogP contribution in [0.25, 0.3) is 22.7 Å². The van der Waals surface area contributed by atoms with Crippen LogP contribution in [0.15, 0.2) is 35.5 Å². The van der Waals surface area contributed by atoms with E-state index < -0.39 is 0 Å². The lowest BCUT2D eigenvalue weighted by molar-refractivity contribution is 0.414. The van der Waals surface area contributed by atoms with Gasteiger partial charge in [-0.3, -0.25) is 0 Å². The van der Waals surface area contributed by atoms with E-state index >= 15 is 0 Å². The molecule has 19 heavy (non-hydrogen) atoms. The number of fused-ring (bicyclic) bond motifs is 1. The SMILES string of the molecule is COc1ccc(-c2nc3nccnc3[nH]2)c(SC)c1. The van der Waals surface area contributed by atoms with Crippen molar-refractivity contribution in [3.05, 3.63) is 30.6 Å². The number of ether oxygens (including phenoxy) is 1. The van der Waals surface area contributed by atoms with Crippen molar-refractivity contribution in [2.24, 2.45) is 0 Å². The Hall–Kier alpha value is -2.08. The van der Waals surface area contributed by atoms with Gasteiger partial charge in [-0.25, -0.2) is 15.0 Å². The van der Waals surface area contributed by atoms with Crippen LogP contribution in [0.1, 0.15) is 0 Å². The Bertz CT molecular complexity index is 692. The van der Waals surface area contributed by atoms with Gasteiger partial charge in [0.25, 0.3) is 0 Å². The van der Waals surface area contributed by atoms with Crippen LogP contribution in [-0.4, -0.2) is 33.3 Å². The van der Waals surface area contributed by atoms with Gasteiger partial charge >= 0.3 is 0 Å². The van der Waals surface area contributed by atoms with Gasteiger partial charge in [0.15, 0.2) is 11.3 Å². The van der Waals surface area contributed by atoms with Gasteiger partial charge in [0.1, 0.15) is 11.6 Å². The second-order valence-corrected chi connectivity index (χ2v) is 4.73. The van der Waals surface area contributed by atoms with Crippen molar-refractivity contribution < 1.29 is 4.74 Å². The molecule has 0 aliphatic heterocycles. The largest absolute Gasteiger partial charge is 0.497 e. The van der Waals surface area contributed by atoms with Crippen molar-refractivity contribution in [1.29, 1.82) is 0 Å². The fraction of sp³-hybridized carbons (Fsp3) is 0.154. The third-order valence-electron chi connectivity index (χ3n) is 2.80. The first-order valence-corrected chi connectivity index (χ1v) is 6.93. The van der Waals surface area contributed by atoms with E-state index in [1.807, 2.05) is 24.5 Å². The minimum Gasteiger partial charge on any atom is -0.497 e. The summed E-state index contributed by atoms with van der Waals surface area (Å²) in [6.45, 7) is 0. The quantitative estimate of drug-likeness (QED) is 0.743. The molecule has 0 fully saturated rings. The predicted octanol–water partition coefficient (Wildman–Crippen LogP) is 2.75. The van der Waals surface area contributed by atoms with Crippen LogP contribution in [0.5, 0.6) is 5.75 Å². The van der Waals surface area contributed by atoms with Crippen molar-refractivity contribution in [3.63, 3.8) is 0 Å². The molecule has 0 saturated heterocycles. The number of aromatic amines is 1. The summed E-state index contributed by atoms with van der Waals surface area (Å²) in [7, 11) is 1.66. The summed E-state index contributed by atoms with van der Waals surface area (Å²) >= 11 is 1.65. The predicted molar refractivity (Wildman–Crippen MR) is 75.5 cm³/mol. The van der Waals surface area contributed by atoms with E-state index in [0.717, 1.165) is 22.0 Å². The molecular formula is C13H12N4OS. The number of hydrogen-bond acceptors (Lipinski definition) is 5. The highest BCUT2D eigenvalue weighted by Crippen LogP contribution is 2.32. The third-order valence-corrected chi connectivity index (χ3v) is 3.57. The Balaban J connectivity index is 2.15. The summed E-state index contributed by atoms with van der Waals surface area (Å²) in [5.41, 5.74) is 2.34. The Morgan fingerprint density at radius 1 is 1.21 bits per heavy atom. The average Bonchev–Trinajstić information content (AvgIpc) is 2.90. The zero-order valence-electron chi connectivity index (χ0n) is 10.5. The first-order valence-electron chi connectivity index (χ1n) is 5.71. The van der Waals surface area contributed by atoms with Crippen LogP contribution in [-0.2, 0) is 0 Å². The van der Waals surface area contributed by atoms with Gasteiger partial charge in [-0.15, -0.1) is 11.8 Å². The van der Waals surface area contributed by atoms with E-state index in [0.29, 0.717) is 11.3 Å². The lowest BCUT2D eigenvalue weighted by atomic mass is 10.2. The summed E-state index contributed by atoms with van der Waals surface area (Å²) < 4.78 is 5.24. The summed E-state index contributed by atoms with van der Waals surface area (Å²) in [5, 5.41) is 0. The van der Waals surface area contributed by atoms with Crippen molar-refractivity contribution in [2.75, 3.05) is 13.4 Å². The Kier molecular flexibility index (Phi) is 3.08. The Morgan fingerprint density at radius 3 is 2.79 bits per heavy atom. The van der Waals surface area contributed by atoms with Crippen LogP contribution >= 0.6 is 11.8 Å². The number of nitrogens with one attached hydrogen (secondary N) is 1. The molecule has 3 rings (SSSR count). The highest BCUT2D eigenvalue weighted by Gasteiger charge is 2.11. The minimum absolute atomic E-state index is 0.625. The van der Waals surface area contributed by atoms with Gasteiger partial charge < -0.3 is 9.72 Å². The molecule has 5 nitrogen and oxygen atoms in total. The normalized spacial score (nSPS) is 10.8. The second kappa shape index (κ2) is 4.89. The Labute approximate surface area is 114 Å². The number of hydrogen-bond donors (Lipinski definition) is 1. The lowest BCUT2D eigenvalue weighted by Crippen LogP contribution is -1.88. The average molecular weight is 272 g/mol. The van der Waals surface area contributed by atoms with Gasteiger partial charge in [-0.1, -0.05) is 0 Å². The van der Waals surface area contributed by atoms with E-state index in [1.165, 1.54) is 0 Å². The number of rotatable bonds is 3. The number of imidazole rings is 1. The molecule has 1 N–H and O–H groups in total. The zero-order chi connectivity index (χ0) is 13.2. The molecule has 6 heteroatoms. The van der Waals surface area contributed by atoms with E-state index in [9.17, 15) is 0 Å². The third kappa shape index (κ3) is 2.15. The van der Waals surface area contributed by atoms with E-state index in [-0.39, 0.29) is 0 Å². The Morgan fingerprint density at radius 2 is 2.05 bits per heavy atom. The van der Waals surface area contributed by atoms with Gasteiger partial charge in [-0.05, 0) is 24.5 Å².